The first-order valence-electron chi connectivity index (χ1n) is 10.1. The lowest BCUT2D eigenvalue weighted by atomic mass is 9.93. The van der Waals surface area contributed by atoms with Gasteiger partial charge in [-0.1, -0.05) is 38.1 Å². The Hall–Kier alpha value is -2.27. The summed E-state index contributed by atoms with van der Waals surface area (Å²) in [7, 11) is 0. The van der Waals surface area contributed by atoms with Crippen LogP contribution in [0.15, 0.2) is 36.7 Å². The van der Waals surface area contributed by atoms with E-state index >= 15 is 0 Å². The first kappa shape index (κ1) is 18.1. The smallest absolute Gasteiger partial charge is 0.252 e. The first-order chi connectivity index (χ1) is 13.1. The van der Waals surface area contributed by atoms with Crippen LogP contribution in [0.4, 0.5) is 0 Å². The minimum absolute atomic E-state index is 0.477. The second kappa shape index (κ2) is 7.77. The summed E-state index contributed by atoms with van der Waals surface area (Å²) in [5, 5.41) is 4.40. The van der Waals surface area contributed by atoms with Gasteiger partial charge in [0.2, 0.25) is 0 Å². The van der Waals surface area contributed by atoms with E-state index in [4.69, 9.17) is 0 Å². The van der Waals surface area contributed by atoms with E-state index in [0.717, 1.165) is 31.7 Å². The molecule has 3 heterocycles. The third-order valence-corrected chi connectivity index (χ3v) is 5.40. The van der Waals surface area contributed by atoms with Gasteiger partial charge in [0.1, 0.15) is 6.33 Å². The summed E-state index contributed by atoms with van der Waals surface area (Å²) in [6, 6.07) is 11.4. The number of hydrogen-bond acceptors (Lipinski definition) is 4. The molecule has 0 aliphatic carbocycles. The van der Waals surface area contributed by atoms with Gasteiger partial charge in [-0.2, -0.15) is 10.1 Å². The van der Waals surface area contributed by atoms with Crippen molar-refractivity contribution in [1.29, 1.82) is 0 Å². The molecule has 142 valence electrons. The zero-order valence-corrected chi connectivity index (χ0v) is 16.6. The van der Waals surface area contributed by atoms with Gasteiger partial charge in [0, 0.05) is 24.7 Å². The van der Waals surface area contributed by atoms with Crippen molar-refractivity contribution >= 4 is 5.78 Å². The lowest BCUT2D eigenvalue weighted by Gasteiger charge is -2.33. The van der Waals surface area contributed by atoms with Crippen LogP contribution >= 0.6 is 0 Å². The molecule has 0 spiro atoms. The molecular weight excluding hydrogens is 334 g/mol. The van der Waals surface area contributed by atoms with Crippen LogP contribution in [0.3, 0.4) is 0 Å². The van der Waals surface area contributed by atoms with E-state index in [-0.39, 0.29) is 0 Å². The summed E-state index contributed by atoms with van der Waals surface area (Å²) in [6.07, 6.45) is 5.17. The Labute approximate surface area is 161 Å². The van der Waals surface area contributed by atoms with Crippen molar-refractivity contribution in [2.45, 2.75) is 52.5 Å². The lowest BCUT2D eigenvalue weighted by molar-refractivity contribution is 0.197. The van der Waals surface area contributed by atoms with Gasteiger partial charge in [-0.05, 0) is 55.8 Å². The van der Waals surface area contributed by atoms with Crippen LogP contribution in [0, 0.1) is 12.8 Å². The number of aromatic nitrogens is 4. The minimum atomic E-state index is 0.477. The molecule has 1 aromatic carbocycles. The summed E-state index contributed by atoms with van der Waals surface area (Å²) in [4.78, 5) is 11.3. The van der Waals surface area contributed by atoms with Gasteiger partial charge in [0.15, 0.2) is 0 Å². The second-order valence-corrected chi connectivity index (χ2v) is 8.28. The van der Waals surface area contributed by atoms with Crippen LogP contribution in [-0.4, -0.2) is 37.6 Å². The fraction of sp³-hybridized carbons (Fsp3) is 0.500. The highest BCUT2D eigenvalue weighted by Gasteiger charge is 2.24. The summed E-state index contributed by atoms with van der Waals surface area (Å²) < 4.78 is 1.92. The molecule has 1 unspecified atom stereocenters. The number of fused-ring (bicyclic) bond motifs is 1. The van der Waals surface area contributed by atoms with E-state index in [1.807, 2.05) is 11.4 Å². The summed E-state index contributed by atoms with van der Waals surface area (Å²) in [5.41, 5.74) is 5.10. The predicted octanol–water partition coefficient (Wildman–Crippen LogP) is 4.01. The van der Waals surface area contributed by atoms with Gasteiger partial charge in [-0.3, -0.25) is 4.90 Å². The molecule has 0 bridgehead atoms. The fourth-order valence-electron chi connectivity index (χ4n) is 4.20. The van der Waals surface area contributed by atoms with Crippen LogP contribution in [-0.2, 0) is 13.0 Å². The second-order valence-electron chi connectivity index (χ2n) is 8.28. The number of piperidine rings is 1. The van der Waals surface area contributed by atoms with Gasteiger partial charge >= 0.3 is 0 Å². The number of hydrogen-bond donors (Lipinski definition) is 0. The maximum absolute atomic E-state index is 4.48. The Morgan fingerprint density at radius 2 is 1.93 bits per heavy atom. The highest BCUT2D eigenvalue weighted by molar-refractivity contribution is 5.31. The summed E-state index contributed by atoms with van der Waals surface area (Å²) in [5.74, 6) is 1.89. The SMILES string of the molecule is Cc1cc(C2CCCN(Cc3ccc(CC(C)C)cc3)C2)n2ncnc2n1. The highest BCUT2D eigenvalue weighted by atomic mass is 15.3. The van der Waals surface area contributed by atoms with Crippen molar-refractivity contribution in [1.82, 2.24) is 24.5 Å². The van der Waals surface area contributed by atoms with Crippen molar-refractivity contribution in [3.8, 4) is 0 Å². The van der Waals surface area contributed by atoms with E-state index in [1.54, 1.807) is 6.33 Å². The quantitative estimate of drug-likeness (QED) is 0.687. The zero-order chi connectivity index (χ0) is 18.8. The van der Waals surface area contributed by atoms with Crippen LogP contribution in [0.1, 0.15) is 55.1 Å². The summed E-state index contributed by atoms with van der Waals surface area (Å²) >= 11 is 0. The molecule has 3 aromatic rings. The molecule has 1 saturated heterocycles. The van der Waals surface area contributed by atoms with E-state index in [1.165, 1.54) is 29.7 Å². The standard InChI is InChI=1S/C22H29N5/c1-16(2)11-18-6-8-19(9-7-18)13-26-10-4-5-20(14-26)21-12-17(3)25-22-23-15-24-27(21)22/h6-9,12,15-16,20H,4-5,10-11,13-14H2,1-3H3. The van der Waals surface area contributed by atoms with Crippen LogP contribution < -0.4 is 0 Å². The number of nitrogens with zero attached hydrogens (tertiary/aromatic N) is 5. The maximum atomic E-state index is 4.48. The predicted molar refractivity (Wildman–Crippen MR) is 108 cm³/mol. The molecule has 1 fully saturated rings. The molecule has 0 N–H and O–H groups in total. The van der Waals surface area contributed by atoms with E-state index in [9.17, 15) is 0 Å². The summed E-state index contributed by atoms with van der Waals surface area (Å²) in [6.45, 7) is 9.82. The Morgan fingerprint density at radius 1 is 1.15 bits per heavy atom. The molecular formula is C22H29N5. The number of likely N-dealkylation sites (tertiary alicyclic amines) is 1. The highest BCUT2D eigenvalue weighted by Crippen LogP contribution is 2.28. The maximum Gasteiger partial charge on any atom is 0.252 e. The first-order valence-corrected chi connectivity index (χ1v) is 10.1. The van der Waals surface area contributed by atoms with Crippen molar-refractivity contribution in [3.05, 3.63) is 59.2 Å². The Balaban J connectivity index is 1.47. The van der Waals surface area contributed by atoms with Crippen molar-refractivity contribution in [3.63, 3.8) is 0 Å². The van der Waals surface area contributed by atoms with Crippen molar-refractivity contribution in [2.24, 2.45) is 5.92 Å². The molecule has 0 amide bonds. The van der Waals surface area contributed by atoms with Crippen molar-refractivity contribution in [2.75, 3.05) is 13.1 Å². The molecule has 5 heteroatoms. The molecule has 4 rings (SSSR count). The monoisotopic (exact) mass is 363 g/mol. The Morgan fingerprint density at radius 3 is 2.70 bits per heavy atom. The Kier molecular flexibility index (Phi) is 5.21. The molecule has 27 heavy (non-hydrogen) atoms. The van der Waals surface area contributed by atoms with E-state index in [0.29, 0.717) is 17.6 Å². The Bertz CT molecular complexity index is 897. The molecule has 0 radical (unpaired) electrons. The topological polar surface area (TPSA) is 46.3 Å². The number of aryl methyl sites for hydroxylation is 1. The third kappa shape index (κ3) is 4.19. The largest absolute Gasteiger partial charge is 0.298 e. The van der Waals surface area contributed by atoms with Crippen LogP contribution in [0.2, 0.25) is 0 Å². The zero-order valence-electron chi connectivity index (χ0n) is 16.6. The van der Waals surface area contributed by atoms with Gasteiger partial charge in [0.05, 0.1) is 5.69 Å². The average Bonchev–Trinajstić information content (AvgIpc) is 3.11. The molecule has 0 saturated carbocycles. The molecule has 5 nitrogen and oxygen atoms in total. The molecule has 1 aliphatic heterocycles. The average molecular weight is 364 g/mol. The van der Waals surface area contributed by atoms with Crippen LogP contribution in [0.5, 0.6) is 0 Å². The molecule has 2 aromatic heterocycles. The lowest BCUT2D eigenvalue weighted by Crippen LogP contribution is -2.34. The van der Waals surface area contributed by atoms with Gasteiger partial charge in [-0.15, -0.1) is 0 Å². The van der Waals surface area contributed by atoms with Crippen molar-refractivity contribution < 1.29 is 0 Å². The van der Waals surface area contributed by atoms with Crippen LogP contribution in [0.25, 0.3) is 5.78 Å². The number of benzene rings is 1. The third-order valence-electron chi connectivity index (χ3n) is 5.40. The molecule has 1 aliphatic rings. The van der Waals surface area contributed by atoms with Gasteiger partial charge in [0.25, 0.3) is 5.78 Å². The fourth-order valence-corrected chi connectivity index (χ4v) is 4.20. The number of rotatable bonds is 5. The molecule has 1 atom stereocenters. The van der Waals surface area contributed by atoms with E-state index < -0.39 is 0 Å². The van der Waals surface area contributed by atoms with E-state index in [2.05, 4.69) is 64.1 Å². The normalized spacial score (nSPS) is 18.4. The minimum Gasteiger partial charge on any atom is -0.298 e. The van der Waals surface area contributed by atoms with Gasteiger partial charge in [-0.25, -0.2) is 9.50 Å². The van der Waals surface area contributed by atoms with Gasteiger partial charge < -0.3 is 0 Å².